The largest absolute Gasteiger partial charge is 0.319 e. The normalized spacial score (nSPS) is 19.1. The van der Waals surface area contributed by atoms with Crippen molar-refractivity contribution in [3.05, 3.63) is 34.6 Å². The van der Waals surface area contributed by atoms with Gasteiger partial charge in [-0.2, -0.15) is 0 Å². The zero-order valence-corrected chi connectivity index (χ0v) is 11.1. The highest BCUT2D eigenvalue weighted by Gasteiger charge is 2.41. The first-order valence-electron chi connectivity index (χ1n) is 6.14. The quantitative estimate of drug-likeness (QED) is 0.847. The van der Waals surface area contributed by atoms with Crippen LogP contribution in [0, 0.1) is 17.2 Å². The van der Waals surface area contributed by atoms with Gasteiger partial charge in [0.1, 0.15) is 5.82 Å². The van der Waals surface area contributed by atoms with Gasteiger partial charge in [0, 0.05) is 11.6 Å². The zero-order chi connectivity index (χ0) is 12.5. The lowest BCUT2D eigenvalue weighted by atomic mass is 9.79. The van der Waals surface area contributed by atoms with Gasteiger partial charge in [-0.15, -0.1) is 0 Å². The SMILES string of the molecule is CNCC(C)(Cc1cc(F)ccc1Cl)C1CC1. The average molecular weight is 256 g/mol. The maximum absolute atomic E-state index is 13.3. The van der Waals surface area contributed by atoms with Gasteiger partial charge >= 0.3 is 0 Å². The fourth-order valence-electron chi connectivity index (χ4n) is 2.65. The molecule has 2 rings (SSSR count). The number of benzene rings is 1. The molecule has 17 heavy (non-hydrogen) atoms. The summed E-state index contributed by atoms with van der Waals surface area (Å²) in [5.41, 5.74) is 1.11. The number of rotatable bonds is 5. The highest BCUT2D eigenvalue weighted by molar-refractivity contribution is 6.31. The van der Waals surface area contributed by atoms with Crippen LogP contribution in [0.4, 0.5) is 4.39 Å². The molecule has 0 saturated heterocycles. The van der Waals surface area contributed by atoms with E-state index in [1.165, 1.54) is 18.9 Å². The van der Waals surface area contributed by atoms with Crippen LogP contribution in [0.2, 0.25) is 5.02 Å². The maximum atomic E-state index is 13.3. The lowest BCUT2D eigenvalue weighted by Gasteiger charge is -2.30. The van der Waals surface area contributed by atoms with Crippen molar-refractivity contribution in [2.45, 2.75) is 26.2 Å². The second-order valence-electron chi connectivity index (χ2n) is 5.37. The van der Waals surface area contributed by atoms with E-state index in [0.29, 0.717) is 5.02 Å². The van der Waals surface area contributed by atoms with Crippen molar-refractivity contribution in [3.8, 4) is 0 Å². The molecule has 1 atom stereocenters. The van der Waals surface area contributed by atoms with Crippen LogP contribution < -0.4 is 5.32 Å². The van der Waals surface area contributed by atoms with Crippen molar-refractivity contribution >= 4 is 11.6 Å². The second-order valence-corrected chi connectivity index (χ2v) is 5.78. The second kappa shape index (κ2) is 4.95. The summed E-state index contributed by atoms with van der Waals surface area (Å²) in [6, 6.07) is 4.63. The molecule has 94 valence electrons. The van der Waals surface area contributed by atoms with Crippen LogP contribution in [-0.2, 0) is 6.42 Å². The summed E-state index contributed by atoms with van der Waals surface area (Å²) in [5.74, 6) is 0.543. The topological polar surface area (TPSA) is 12.0 Å². The first-order chi connectivity index (χ1) is 8.05. The summed E-state index contributed by atoms with van der Waals surface area (Å²) in [7, 11) is 1.97. The summed E-state index contributed by atoms with van der Waals surface area (Å²) < 4.78 is 13.3. The van der Waals surface area contributed by atoms with Crippen molar-refractivity contribution in [1.29, 1.82) is 0 Å². The van der Waals surface area contributed by atoms with E-state index in [1.54, 1.807) is 12.1 Å². The summed E-state index contributed by atoms with van der Waals surface area (Å²) in [6.07, 6.45) is 3.41. The van der Waals surface area contributed by atoms with Crippen LogP contribution in [0.1, 0.15) is 25.3 Å². The molecule has 1 aliphatic carbocycles. The molecule has 0 spiro atoms. The Morgan fingerprint density at radius 1 is 1.47 bits per heavy atom. The molecule has 1 fully saturated rings. The van der Waals surface area contributed by atoms with Crippen LogP contribution in [0.3, 0.4) is 0 Å². The number of halogens is 2. The average Bonchev–Trinajstić information content (AvgIpc) is 3.07. The van der Waals surface area contributed by atoms with Gasteiger partial charge in [0.15, 0.2) is 0 Å². The minimum Gasteiger partial charge on any atom is -0.319 e. The molecule has 1 nitrogen and oxygen atoms in total. The minimum atomic E-state index is -0.202. The molecule has 1 N–H and O–H groups in total. The van der Waals surface area contributed by atoms with Gasteiger partial charge < -0.3 is 5.32 Å². The molecule has 0 heterocycles. The first kappa shape index (κ1) is 12.8. The summed E-state index contributed by atoms with van der Waals surface area (Å²) in [5, 5.41) is 3.92. The minimum absolute atomic E-state index is 0.187. The predicted molar refractivity (Wildman–Crippen MR) is 69.9 cm³/mol. The van der Waals surface area contributed by atoms with Crippen LogP contribution in [0.5, 0.6) is 0 Å². The molecule has 1 aliphatic rings. The van der Waals surface area contributed by atoms with Gasteiger partial charge in [0.2, 0.25) is 0 Å². The smallest absolute Gasteiger partial charge is 0.123 e. The molecule has 1 unspecified atom stereocenters. The van der Waals surface area contributed by atoms with E-state index >= 15 is 0 Å². The third-order valence-electron chi connectivity index (χ3n) is 3.75. The molecule has 0 bridgehead atoms. The lowest BCUT2D eigenvalue weighted by Crippen LogP contribution is -2.34. The molecule has 0 amide bonds. The third-order valence-corrected chi connectivity index (χ3v) is 4.11. The van der Waals surface area contributed by atoms with Gasteiger partial charge in [-0.05, 0) is 61.4 Å². The van der Waals surface area contributed by atoms with E-state index in [0.717, 1.165) is 24.4 Å². The Balaban J connectivity index is 2.19. The van der Waals surface area contributed by atoms with E-state index < -0.39 is 0 Å². The molecule has 0 aromatic heterocycles. The number of hydrogen-bond donors (Lipinski definition) is 1. The molecule has 1 aromatic carbocycles. The fourth-order valence-corrected chi connectivity index (χ4v) is 2.83. The van der Waals surface area contributed by atoms with Crippen molar-refractivity contribution in [3.63, 3.8) is 0 Å². The van der Waals surface area contributed by atoms with E-state index in [9.17, 15) is 4.39 Å². The standard InChI is InChI=1S/C14H19ClFN/c1-14(9-17-2,11-3-4-11)8-10-7-12(16)5-6-13(10)15/h5-7,11,17H,3-4,8-9H2,1-2H3. The van der Waals surface area contributed by atoms with E-state index in [4.69, 9.17) is 11.6 Å². The summed E-state index contributed by atoms with van der Waals surface area (Å²) >= 11 is 6.14. The van der Waals surface area contributed by atoms with Gasteiger partial charge in [0.25, 0.3) is 0 Å². The van der Waals surface area contributed by atoms with E-state index in [2.05, 4.69) is 12.2 Å². The van der Waals surface area contributed by atoms with Crippen LogP contribution in [0.25, 0.3) is 0 Å². The van der Waals surface area contributed by atoms with E-state index in [1.807, 2.05) is 7.05 Å². The Bertz CT molecular complexity index is 403. The Morgan fingerprint density at radius 2 is 2.18 bits per heavy atom. The molecule has 1 saturated carbocycles. The van der Waals surface area contributed by atoms with Gasteiger partial charge in [-0.1, -0.05) is 18.5 Å². The Morgan fingerprint density at radius 3 is 2.76 bits per heavy atom. The lowest BCUT2D eigenvalue weighted by molar-refractivity contribution is 0.262. The fraction of sp³-hybridized carbons (Fsp3) is 0.571. The molecular weight excluding hydrogens is 237 g/mol. The first-order valence-corrected chi connectivity index (χ1v) is 6.51. The maximum Gasteiger partial charge on any atom is 0.123 e. The molecule has 0 radical (unpaired) electrons. The number of nitrogens with one attached hydrogen (secondary N) is 1. The third kappa shape index (κ3) is 2.99. The van der Waals surface area contributed by atoms with Crippen LogP contribution >= 0.6 is 11.6 Å². The molecule has 3 heteroatoms. The van der Waals surface area contributed by atoms with Crippen molar-refractivity contribution in [1.82, 2.24) is 5.32 Å². The number of hydrogen-bond acceptors (Lipinski definition) is 1. The highest BCUT2D eigenvalue weighted by atomic mass is 35.5. The van der Waals surface area contributed by atoms with Crippen LogP contribution in [0.15, 0.2) is 18.2 Å². The zero-order valence-electron chi connectivity index (χ0n) is 10.4. The Hall–Kier alpha value is -0.600. The van der Waals surface area contributed by atoms with Gasteiger partial charge in [-0.25, -0.2) is 4.39 Å². The summed E-state index contributed by atoms with van der Waals surface area (Å²) in [6.45, 7) is 3.22. The Kier molecular flexibility index (Phi) is 3.74. The van der Waals surface area contributed by atoms with Crippen molar-refractivity contribution in [2.75, 3.05) is 13.6 Å². The Labute approximate surface area is 107 Å². The van der Waals surface area contributed by atoms with E-state index in [-0.39, 0.29) is 11.2 Å². The van der Waals surface area contributed by atoms with Gasteiger partial charge in [-0.3, -0.25) is 0 Å². The molecular formula is C14H19ClFN. The van der Waals surface area contributed by atoms with Crippen LogP contribution in [-0.4, -0.2) is 13.6 Å². The van der Waals surface area contributed by atoms with Gasteiger partial charge in [0.05, 0.1) is 0 Å². The molecule has 0 aliphatic heterocycles. The predicted octanol–water partition coefficient (Wildman–Crippen LogP) is 3.66. The summed E-state index contributed by atoms with van der Waals surface area (Å²) in [4.78, 5) is 0. The van der Waals surface area contributed by atoms with Crippen molar-refractivity contribution in [2.24, 2.45) is 11.3 Å². The monoisotopic (exact) mass is 255 g/mol. The highest BCUT2D eigenvalue weighted by Crippen LogP contribution is 2.47. The van der Waals surface area contributed by atoms with Crippen molar-refractivity contribution < 1.29 is 4.39 Å². The molecule has 1 aromatic rings.